The molecule has 1 atom stereocenters. The van der Waals surface area contributed by atoms with E-state index in [2.05, 4.69) is 0 Å². The van der Waals surface area contributed by atoms with Crippen molar-refractivity contribution >= 4 is 34.8 Å². The lowest BCUT2D eigenvalue weighted by Crippen LogP contribution is -1.95. The lowest BCUT2D eigenvalue weighted by molar-refractivity contribution is 0.700. The Morgan fingerprint density at radius 3 is 2.57 bits per heavy atom. The summed E-state index contributed by atoms with van der Waals surface area (Å²) in [7, 11) is 0. The zero-order valence-corrected chi connectivity index (χ0v) is 9.96. The van der Waals surface area contributed by atoms with Crippen LogP contribution in [0.25, 0.3) is 0 Å². The van der Waals surface area contributed by atoms with Crippen molar-refractivity contribution in [1.82, 2.24) is 0 Å². The van der Waals surface area contributed by atoms with E-state index < -0.39 is 0 Å². The van der Waals surface area contributed by atoms with Crippen LogP contribution >= 0.6 is 34.8 Å². The van der Waals surface area contributed by atoms with Crippen LogP contribution in [0.3, 0.4) is 0 Å². The maximum atomic E-state index is 6.29. The first-order valence-electron chi connectivity index (χ1n) is 4.81. The van der Waals surface area contributed by atoms with Crippen LogP contribution in [0, 0.1) is 0 Å². The van der Waals surface area contributed by atoms with E-state index in [1.54, 1.807) is 0 Å². The molecule has 0 nitrogen and oxygen atoms in total. The Labute approximate surface area is 99.2 Å². The van der Waals surface area contributed by atoms with Gasteiger partial charge in [-0.3, -0.25) is 0 Å². The molecule has 0 spiro atoms. The SMILES string of the molecule is Clc1ccc(Cl)c2c1CCCCC2Cl. The predicted molar refractivity (Wildman–Crippen MR) is 62.6 cm³/mol. The highest BCUT2D eigenvalue weighted by atomic mass is 35.5. The van der Waals surface area contributed by atoms with Gasteiger partial charge in [-0.15, -0.1) is 11.6 Å². The Kier molecular flexibility index (Phi) is 3.26. The van der Waals surface area contributed by atoms with Crippen LogP contribution in [0.15, 0.2) is 12.1 Å². The Hall–Kier alpha value is 0.0900. The molecule has 0 aliphatic heterocycles. The second kappa shape index (κ2) is 4.30. The summed E-state index contributed by atoms with van der Waals surface area (Å²) in [5.41, 5.74) is 2.20. The van der Waals surface area contributed by atoms with Gasteiger partial charge in [0.1, 0.15) is 0 Å². The van der Waals surface area contributed by atoms with Crippen LogP contribution in [0.4, 0.5) is 0 Å². The third kappa shape index (κ3) is 1.88. The smallest absolute Gasteiger partial charge is 0.0603 e. The Morgan fingerprint density at radius 1 is 1.07 bits per heavy atom. The van der Waals surface area contributed by atoms with Crippen molar-refractivity contribution in [3.05, 3.63) is 33.3 Å². The van der Waals surface area contributed by atoms with Gasteiger partial charge in [-0.1, -0.05) is 29.6 Å². The van der Waals surface area contributed by atoms with E-state index in [0.29, 0.717) is 0 Å². The molecule has 3 heteroatoms. The quantitative estimate of drug-likeness (QED) is 0.448. The van der Waals surface area contributed by atoms with E-state index in [-0.39, 0.29) is 5.38 Å². The fourth-order valence-corrected chi connectivity index (χ4v) is 3.00. The normalized spacial score (nSPS) is 21.5. The molecule has 0 aromatic heterocycles. The number of alkyl halides is 1. The minimum atomic E-state index is 0.0266. The number of hydrogen-bond donors (Lipinski definition) is 0. The predicted octanol–water partition coefficient (Wildman–Crippen LogP) is 5.00. The molecule has 2 rings (SSSR count). The van der Waals surface area contributed by atoms with Gasteiger partial charge in [-0.25, -0.2) is 0 Å². The fourth-order valence-electron chi connectivity index (χ4n) is 1.97. The molecule has 76 valence electrons. The summed E-state index contributed by atoms with van der Waals surface area (Å²) in [6.07, 6.45) is 4.29. The van der Waals surface area contributed by atoms with Gasteiger partial charge >= 0.3 is 0 Å². The third-order valence-corrected chi connectivity index (χ3v) is 3.81. The van der Waals surface area contributed by atoms with Crippen molar-refractivity contribution in [2.45, 2.75) is 31.1 Å². The maximum Gasteiger partial charge on any atom is 0.0603 e. The van der Waals surface area contributed by atoms with E-state index in [4.69, 9.17) is 34.8 Å². The summed E-state index contributed by atoms with van der Waals surface area (Å²) < 4.78 is 0. The summed E-state index contributed by atoms with van der Waals surface area (Å²) in [5, 5.41) is 1.59. The molecule has 1 aliphatic rings. The molecule has 0 saturated carbocycles. The molecule has 0 saturated heterocycles. The van der Waals surface area contributed by atoms with E-state index in [1.165, 1.54) is 0 Å². The summed E-state index contributed by atoms with van der Waals surface area (Å²) in [5.74, 6) is 0. The van der Waals surface area contributed by atoms with Gasteiger partial charge in [0, 0.05) is 10.0 Å². The van der Waals surface area contributed by atoms with E-state index in [0.717, 1.165) is 46.9 Å². The van der Waals surface area contributed by atoms with Crippen LogP contribution in [-0.4, -0.2) is 0 Å². The molecule has 0 heterocycles. The van der Waals surface area contributed by atoms with Crippen molar-refractivity contribution in [2.24, 2.45) is 0 Å². The first-order valence-corrected chi connectivity index (χ1v) is 6.00. The summed E-state index contributed by atoms with van der Waals surface area (Å²) in [6, 6.07) is 3.70. The molecule has 1 aliphatic carbocycles. The minimum absolute atomic E-state index is 0.0266. The molecule has 1 aromatic rings. The molecule has 0 N–H and O–H groups in total. The van der Waals surface area contributed by atoms with Gasteiger partial charge in [-0.05, 0) is 42.5 Å². The average Bonchev–Trinajstić information content (AvgIpc) is 2.35. The van der Waals surface area contributed by atoms with Gasteiger partial charge in [0.25, 0.3) is 0 Å². The van der Waals surface area contributed by atoms with Gasteiger partial charge < -0.3 is 0 Å². The topological polar surface area (TPSA) is 0 Å². The van der Waals surface area contributed by atoms with Gasteiger partial charge in [-0.2, -0.15) is 0 Å². The molecule has 0 bridgehead atoms. The van der Waals surface area contributed by atoms with E-state index >= 15 is 0 Å². The highest BCUT2D eigenvalue weighted by Gasteiger charge is 2.21. The summed E-state index contributed by atoms with van der Waals surface area (Å²) in [6.45, 7) is 0. The van der Waals surface area contributed by atoms with Crippen LogP contribution < -0.4 is 0 Å². The number of benzene rings is 1. The average molecular weight is 250 g/mol. The first-order chi connectivity index (χ1) is 6.70. The lowest BCUT2D eigenvalue weighted by atomic mass is 10.0. The maximum absolute atomic E-state index is 6.29. The Morgan fingerprint density at radius 2 is 1.79 bits per heavy atom. The van der Waals surface area contributed by atoms with E-state index in [1.807, 2.05) is 12.1 Å². The van der Waals surface area contributed by atoms with Crippen LogP contribution in [0.1, 0.15) is 35.8 Å². The monoisotopic (exact) mass is 248 g/mol. The highest BCUT2D eigenvalue weighted by molar-refractivity contribution is 6.35. The standard InChI is InChI=1S/C11H11Cl3/c12-8-5-6-10(14)11-7(8)3-1-2-4-9(11)13/h5-6,9H,1-4H2. The molecule has 1 unspecified atom stereocenters. The molecular formula is C11H11Cl3. The number of hydrogen-bond acceptors (Lipinski definition) is 0. The Bertz CT molecular complexity index is 347. The summed E-state index contributed by atoms with van der Waals surface area (Å²) >= 11 is 18.6. The van der Waals surface area contributed by atoms with Crippen molar-refractivity contribution in [1.29, 1.82) is 0 Å². The van der Waals surface area contributed by atoms with Crippen molar-refractivity contribution in [2.75, 3.05) is 0 Å². The molecule has 0 radical (unpaired) electrons. The van der Waals surface area contributed by atoms with Gasteiger partial charge in [0.15, 0.2) is 0 Å². The zero-order chi connectivity index (χ0) is 10.1. The largest absolute Gasteiger partial charge is 0.118 e. The number of rotatable bonds is 0. The van der Waals surface area contributed by atoms with Crippen molar-refractivity contribution in [3.8, 4) is 0 Å². The minimum Gasteiger partial charge on any atom is -0.118 e. The second-order valence-electron chi connectivity index (χ2n) is 3.63. The molecule has 1 aromatic carbocycles. The van der Waals surface area contributed by atoms with Crippen LogP contribution in [0.5, 0.6) is 0 Å². The molecule has 0 fully saturated rings. The number of halogens is 3. The van der Waals surface area contributed by atoms with Crippen molar-refractivity contribution in [3.63, 3.8) is 0 Å². The second-order valence-corrected chi connectivity index (χ2v) is 4.98. The van der Waals surface area contributed by atoms with Crippen LogP contribution in [-0.2, 0) is 6.42 Å². The highest BCUT2D eigenvalue weighted by Crippen LogP contribution is 2.40. The van der Waals surface area contributed by atoms with Crippen molar-refractivity contribution < 1.29 is 0 Å². The molecule has 14 heavy (non-hydrogen) atoms. The summed E-state index contributed by atoms with van der Waals surface area (Å²) in [4.78, 5) is 0. The molecular weight excluding hydrogens is 238 g/mol. The van der Waals surface area contributed by atoms with Crippen LogP contribution in [0.2, 0.25) is 10.0 Å². The first kappa shape index (κ1) is 10.6. The van der Waals surface area contributed by atoms with Gasteiger partial charge in [0.2, 0.25) is 0 Å². The third-order valence-electron chi connectivity index (χ3n) is 2.69. The lowest BCUT2D eigenvalue weighted by Gasteiger charge is -2.13. The molecule has 0 amide bonds. The van der Waals surface area contributed by atoms with E-state index in [9.17, 15) is 0 Å². The fraction of sp³-hybridized carbons (Fsp3) is 0.455. The number of fused-ring (bicyclic) bond motifs is 1. The Balaban J connectivity index is 2.57. The zero-order valence-electron chi connectivity index (χ0n) is 7.69. The van der Waals surface area contributed by atoms with Gasteiger partial charge in [0.05, 0.1) is 5.38 Å².